The molecule has 2 N–H and O–H groups in total. The van der Waals surface area contributed by atoms with Crippen molar-refractivity contribution in [2.45, 2.75) is 51.2 Å². The molecule has 1 saturated carbocycles. The molecule has 76 valence electrons. The van der Waals surface area contributed by atoms with Crippen LogP contribution in [0.2, 0.25) is 0 Å². The Bertz CT molecular complexity index is 173. The molecule has 0 saturated heterocycles. The summed E-state index contributed by atoms with van der Waals surface area (Å²) in [7, 11) is 0. The van der Waals surface area contributed by atoms with Gasteiger partial charge in [0.05, 0.1) is 6.10 Å². The quantitative estimate of drug-likeness (QED) is 0.687. The van der Waals surface area contributed by atoms with Crippen molar-refractivity contribution in [2.75, 3.05) is 0 Å². The third-order valence-corrected chi connectivity index (χ3v) is 2.87. The third kappa shape index (κ3) is 2.78. The Labute approximate surface area is 78.8 Å². The van der Waals surface area contributed by atoms with E-state index in [2.05, 4.69) is 0 Å². The second kappa shape index (κ2) is 4.72. The molecule has 0 aromatic carbocycles. The van der Waals surface area contributed by atoms with Gasteiger partial charge in [-0.05, 0) is 25.7 Å². The van der Waals surface area contributed by atoms with Crippen LogP contribution in [0, 0.1) is 5.92 Å². The lowest BCUT2D eigenvalue weighted by Crippen LogP contribution is -2.38. The number of hydrogen-bond donors (Lipinski definition) is 2. The van der Waals surface area contributed by atoms with Crippen molar-refractivity contribution in [1.82, 2.24) is 0 Å². The van der Waals surface area contributed by atoms with Crippen LogP contribution >= 0.6 is 0 Å². The predicted molar refractivity (Wildman–Crippen MR) is 49.3 cm³/mol. The lowest BCUT2D eigenvalue weighted by molar-refractivity contribution is -0.133. The van der Waals surface area contributed by atoms with E-state index in [1.54, 1.807) is 0 Å². The number of aliphatic hydroxyl groups is 2. The minimum absolute atomic E-state index is 0.118. The number of rotatable bonds is 3. The molecule has 0 amide bonds. The SMILES string of the molecule is CC(=O)[C@H](O)[C@@H](O)C1CCCCC1. The maximum atomic E-state index is 10.8. The molecule has 0 aromatic heterocycles. The fourth-order valence-electron chi connectivity index (χ4n) is 1.97. The number of aliphatic hydroxyl groups excluding tert-OH is 2. The summed E-state index contributed by atoms with van der Waals surface area (Å²) in [6, 6.07) is 0. The van der Waals surface area contributed by atoms with Gasteiger partial charge < -0.3 is 10.2 Å². The molecule has 1 aliphatic carbocycles. The Morgan fingerprint density at radius 1 is 1.23 bits per heavy atom. The van der Waals surface area contributed by atoms with Gasteiger partial charge in [0.2, 0.25) is 0 Å². The van der Waals surface area contributed by atoms with Crippen molar-refractivity contribution in [1.29, 1.82) is 0 Å². The van der Waals surface area contributed by atoms with E-state index >= 15 is 0 Å². The van der Waals surface area contributed by atoms with Crippen LogP contribution in [0.25, 0.3) is 0 Å². The molecular weight excluding hydrogens is 168 g/mol. The van der Waals surface area contributed by atoms with Gasteiger partial charge in [-0.2, -0.15) is 0 Å². The second-order valence-electron chi connectivity index (χ2n) is 3.94. The molecule has 2 atom stereocenters. The van der Waals surface area contributed by atoms with Crippen molar-refractivity contribution < 1.29 is 15.0 Å². The van der Waals surface area contributed by atoms with Gasteiger partial charge in [0.1, 0.15) is 6.10 Å². The maximum absolute atomic E-state index is 10.8. The summed E-state index contributed by atoms with van der Waals surface area (Å²) in [6.45, 7) is 1.32. The van der Waals surface area contributed by atoms with Gasteiger partial charge in [-0.25, -0.2) is 0 Å². The summed E-state index contributed by atoms with van der Waals surface area (Å²) in [4.78, 5) is 10.8. The van der Waals surface area contributed by atoms with Crippen LogP contribution < -0.4 is 0 Å². The van der Waals surface area contributed by atoms with Gasteiger partial charge >= 0.3 is 0 Å². The summed E-state index contributed by atoms with van der Waals surface area (Å²) >= 11 is 0. The van der Waals surface area contributed by atoms with E-state index in [9.17, 15) is 15.0 Å². The largest absolute Gasteiger partial charge is 0.390 e. The van der Waals surface area contributed by atoms with Crippen LogP contribution in [-0.4, -0.2) is 28.2 Å². The van der Waals surface area contributed by atoms with E-state index in [-0.39, 0.29) is 11.7 Å². The third-order valence-electron chi connectivity index (χ3n) is 2.87. The molecule has 0 unspecified atom stereocenters. The van der Waals surface area contributed by atoms with Crippen LogP contribution in [-0.2, 0) is 4.79 Å². The molecule has 0 aliphatic heterocycles. The number of hydrogen-bond acceptors (Lipinski definition) is 3. The fraction of sp³-hybridized carbons (Fsp3) is 0.900. The Kier molecular flexibility index (Phi) is 3.88. The zero-order chi connectivity index (χ0) is 9.84. The highest BCUT2D eigenvalue weighted by Gasteiger charge is 2.29. The first-order valence-electron chi connectivity index (χ1n) is 4.99. The topological polar surface area (TPSA) is 57.5 Å². The molecule has 3 nitrogen and oxygen atoms in total. The van der Waals surface area contributed by atoms with E-state index in [0.29, 0.717) is 0 Å². The smallest absolute Gasteiger partial charge is 0.160 e. The minimum atomic E-state index is -1.18. The van der Waals surface area contributed by atoms with Crippen LogP contribution in [0.4, 0.5) is 0 Å². The maximum Gasteiger partial charge on any atom is 0.160 e. The van der Waals surface area contributed by atoms with Crippen LogP contribution in [0.3, 0.4) is 0 Å². The van der Waals surface area contributed by atoms with E-state index in [1.807, 2.05) is 0 Å². The number of ketones is 1. The van der Waals surface area contributed by atoms with Gasteiger partial charge in [0.25, 0.3) is 0 Å². The summed E-state index contributed by atoms with van der Waals surface area (Å²) in [6.07, 6.45) is 3.26. The summed E-state index contributed by atoms with van der Waals surface area (Å²) in [5.41, 5.74) is 0. The summed E-state index contributed by atoms with van der Waals surface area (Å²) in [5.74, 6) is -0.217. The lowest BCUT2D eigenvalue weighted by Gasteiger charge is -2.28. The van der Waals surface area contributed by atoms with Crippen molar-refractivity contribution >= 4 is 5.78 Å². The molecule has 1 aliphatic rings. The van der Waals surface area contributed by atoms with Crippen LogP contribution in [0.15, 0.2) is 0 Å². The van der Waals surface area contributed by atoms with E-state index in [1.165, 1.54) is 13.3 Å². The van der Waals surface area contributed by atoms with Gasteiger partial charge in [-0.15, -0.1) is 0 Å². The molecular formula is C10H18O3. The highest BCUT2D eigenvalue weighted by Crippen LogP contribution is 2.27. The minimum Gasteiger partial charge on any atom is -0.390 e. The van der Waals surface area contributed by atoms with Gasteiger partial charge in [-0.3, -0.25) is 4.79 Å². The second-order valence-corrected chi connectivity index (χ2v) is 3.94. The van der Waals surface area contributed by atoms with Crippen molar-refractivity contribution in [3.63, 3.8) is 0 Å². The van der Waals surface area contributed by atoms with Crippen molar-refractivity contribution in [2.24, 2.45) is 5.92 Å². The number of carbonyl (C=O) groups is 1. The first-order valence-corrected chi connectivity index (χ1v) is 4.99. The molecule has 0 spiro atoms. The zero-order valence-electron chi connectivity index (χ0n) is 8.07. The molecule has 1 fully saturated rings. The normalized spacial score (nSPS) is 23.9. The summed E-state index contributed by atoms with van der Waals surface area (Å²) in [5, 5.41) is 19.0. The predicted octanol–water partition coefficient (Wildman–Crippen LogP) is 0.878. The Hall–Kier alpha value is -0.410. The zero-order valence-corrected chi connectivity index (χ0v) is 8.07. The average Bonchev–Trinajstić information content (AvgIpc) is 2.17. The molecule has 3 heteroatoms. The number of Topliss-reactive ketones (excluding diaryl/α,β-unsaturated/α-hetero) is 1. The van der Waals surface area contributed by atoms with Crippen molar-refractivity contribution in [3.8, 4) is 0 Å². The lowest BCUT2D eigenvalue weighted by atomic mass is 9.83. The molecule has 13 heavy (non-hydrogen) atoms. The molecule has 0 aromatic rings. The monoisotopic (exact) mass is 186 g/mol. The molecule has 0 radical (unpaired) electrons. The van der Waals surface area contributed by atoms with E-state index in [0.717, 1.165) is 25.7 Å². The average molecular weight is 186 g/mol. The van der Waals surface area contributed by atoms with E-state index < -0.39 is 12.2 Å². The van der Waals surface area contributed by atoms with Crippen LogP contribution in [0.1, 0.15) is 39.0 Å². The first kappa shape index (κ1) is 10.7. The van der Waals surface area contributed by atoms with Gasteiger partial charge in [0, 0.05) is 0 Å². The Morgan fingerprint density at radius 3 is 2.23 bits per heavy atom. The number of carbonyl (C=O) groups excluding carboxylic acids is 1. The molecule has 1 rings (SSSR count). The highest BCUT2D eigenvalue weighted by atomic mass is 16.3. The first-order chi connectivity index (χ1) is 6.13. The summed E-state index contributed by atoms with van der Waals surface area (Å²) < 4.78 is 0. The van der Waals surface area contributed by atoms with Crippen molar-refractivity contribution in [3.05, 3.63) is 0 Å². The van der Waals surface area contributed by atoms with Crippen LogP contribution in [0.5, 0.6) is 0 Å². The van der Waals surface area contributed by atoms with Gasteiger partial charge in [0.15, 0.2) is 5.78 Å². The Morgan fingerprint density at radius 2 is 1.77 bits per heavy atom. The Balaban J connectivity index is 2.44. The highest BCUT2D eigenvalue weighted by molar-refractivity contribution is 5.80. The molecule has 0 heterocycles. The van der Waals surface area contributed by atoms with Gasteiger partial charge in [-0.1, -0.05) is 19.3 Å². The standard InChI is InChI=1S/C10H18O3/c1-7(11)9(12)10(13)8-5-3-2-4-6-8/h8-10,12-13H,2-6H2,1H3/t9-,10-/m0/s1. The van der Waals surface area contributed by atoms with E-state index in [4.69, 9.17) is 0 Å². The molecule has 0 bridgehead atoms. The fourth-order valence-corrected chi connectivity index (χ4v) is 1.97.